The highest BCUT2D eigenvalue weighted by atomic mass is 127. The van der Waals surface area contributed by atoms with Gasteiger partial charge in [-0.2, -0.15) is 0 Å². The number of aryl methyl sites for hydroxylation is 2. The fraction of sp³-hybridized carbons (Fsp3) is 0.500. The topological polar surface area (TPSA) is 61.8 Å². The first-order chi connectivity index (χ1) is 8.02. The molecule has 0 bridgehead atoms. The fourth-order valence-corrected chi connectivity index (χ4v) is 2.37. The van der Waals surface area contributed by atoms with Gasteiger partial charge in [0.15, 0.2) is 15.0 Å². The van der Waals surface area contributed by atoms with E-state index in [1.54, 1.807) is 18.5 Å². The number of fused-ring (bicyclic) bond motifs is 1. The van der Waals surface area contributed by atoms with Crippen LogP contribution in [0.15, 0.2) is 9.59 Å². The lowest BCUT2D eigenvalue weighted by molar-refractivity contribution is 0.604. The Hall–Kier alpha value is -1.12. The standard InChI is InChI=1S/C10H13IN4O2/c1-4-14-7-6(13(3)9(11)12-7)8(16)15(5-2)10(14)17/h4-5H2,1-3H3. The summed E-state index contributed by atoms with van der Waals surface area (Å²) < 4.78 is 5.19. The van der Waals surface area contributed by atoms with Crippen LogP contribution in [-0.4, -0.2) is 18.7 Å². The lowest BCUT2D eigenvalue weighted by Gasteiger charge is -2.07. The highest BCUT2D eigenvalue weighted by molar-refractivity contribution is 14.1. The van der Waals surface area contributed by atoms with Gasteiger partial charge in [0.25, 0.3) is 5.56 Å². The zero-order chi connectivity index (χ0) is 12.7. The van der Waals surface area contributed by atoms with Crippen LogP contribution in [0.25, 0.3) is 11.2 Å². The van der Waals surface area contributed by atoms with Crippen LogP contribution in [0.5, 0.6) is 0 Å². The van der Waals surface area contributed by atoms with Crippen LogP contribution in [0.3, 0.4) is 0 Å². The quantitative estimate of drug-likeness (QED) is 0.588. The maximum atomic E-state index is 12.2. The van der Waals surface area contributed by atoms with E-state index < -0.39 is 0 Å². The number of hydrogen-bond acceptors (Lipinski definition) is 3. The highest BCUT2D eigenvalue weighted by Gasteiger charge is 2.17. The maximum Gasteiger partial charge on any atom is 0.332 e. The molecule has 0 unspecified atom stereocenters. The van der Waals surface area contributed by atoms with Crippen molar-refractivity contribution in [1.82, 2.24) is 18.7 Å². The van der Waals surface area contributed by atoms with Crippen molar-refractivity contribution in [2.75, 3.05) is 0 Å². The van der Waals surface area contributed by atoms with Crippen LogP contribution in [0.2, 0.25) is 0 Å². The number of hydrogen-bond donors (Lipinski definition) is 0. The van der Waals surface area contributed by atoms with Crippen molar-refractivity contribution >= 4 is 33.8 Å². The van der Waals surface area contributed by atoms with Crippen molar-refractivity contribution in [3.63, 3.8) is 0 Å². The first-order valence-corrected chi connectivity index (χ1v) is 6.46. The summed E-state index contributed by atoms with van der Waals surface area (Å²) in [6, 6.07) is 0. The van der Waals surface area contributed by atoms with Crippen LogP contribution < -0.4 is 11.2 Å². The maximum absolute atomic E-state index is 12.2. The average Bonchev–Trinajstić information content (AvgIpc) is 2.57. The summed E-state index contributed by atoms with van der Waals surface area (Å²) in [5.41, 5.74) is 0.397. The molecule has 0 aliphatic carbocycles. The molecular weight excluding hydrogens is 335 g/mol. The third kappa shape index (κ3) is 1.63. The average molecular weight is 348 g/mol. The summed E-state index contributed by atoms with van der Waals surface area (Å²) >= 11 is 2.05. The SMILES string of the molecule is CCn1c(=O)c2c(nc(I)n2C)n(CC)c1=O. The van der Waals surface area contributed by atoms with Crippen molar-refractivity contribution in [2.45, 2.75) is 26.9 Å². The van der Waals surface area contributed by atoms with E-state index in [1.165, 1.54) is 9.13 Å². The van der Waals surface area contributed by atoms with E-state index >= 15 is 0 Å². The Balaban J connectivity index is 3.12. The van der Waals surface area contributed by atoms with Gasteiger partial charge in [-0.15, -0.1) is 0 Å². The van der Waals surface area contributed by atoms with Gasteiger partial charge in [0.05, 0.1) is 0 Å². The molecule has 0 aromatic carbocycles. The molecule has 0 aliphatic rings. The molecule has 0 radical (unpaired) electrons. The summed E-state index contributed by atoms with van der Waals surface area (Å²) in [7, 11) is 1.78. The summed E-state index contributed by atoms with van der Waals surface area (Å²) in [6.07, 6.45) is 0. The van der Waals surface area contributed by atoms with Gasteiger partial charge >= 0.3 is 5.69 Å². The van der Waals surface area contributed by atoms with Gasteiger partial charge in [-0.3, -0.25) is 13.9 Å². The normalized spacial score (nSPS) is 11.3. The summed E-state index contributed by atoms with van der Waals surface area (Å²) in [6.45, 7) is 4.53. The van der Waals surface area contributed by atoms with Crippen LogP contribution in [0, 0.1) is 3.83 Å². The minimum absolute atomic E-state index is 0.268. The predicted molar refractivity (Wildman–Crippen MR) is 73.3 cm³/mol. The number of rotatable bonds is 2. The lowest BCUT2D eigenvalue weighted by atomic mass is 10.4. The predicted octanol–water partition coefficient (Wildman–Crippen LogP) is 0.541. The van der Waals surface area contributed by atoms with Crippen LogP contribution in [0.1, 0.15) is 13.8 Å². The third-order valence-electron chi connectivity index (χ3n) is 2.82. The molecule has 0 amide bonds. The Kier molecular flexibility index (Phi) is 3.11. The summed E-state index contributed by atoms with van der Waals surface area (Å²) in [5, 5.41) is 0. The minimum atomic E-state index is -0.290. The fourth-order valence-electron chi connectivity index (χ4n) is 1.90. The smallest absolute Gasteiger partial charge is 0.317 e. The molecule has 2 aromatic heterocycles. The highest BCUT2D eigenvalue weighted by Crippen LogP contribution is 2.11. The van der Waals surface area contributed by atoms with Crippen LogP contribution in [-0.2, 0) is 20.1 Å². The third-order valence-corrected chi connectivity index (χ3v) is 3.78. The second kappa shape index (κ2) is 4.28. The van der Waals surface area contributed by atoms with Gasteiger partial charge in [-0.1, -0.05) is 0 Å². The van der Waals surface area contributed by atoms with Crippen LogP contribution in [0.4, 0.5) is 0 Å². The second-order valence-corrected chi connectivity index (χ2v) is 4.65. The van der Waals surface area contributed by atoms with Crippen molar-refractivity contribution < 1.29 is 0 Å². The van der Waals surface area contributed by atoms with Gasteiger partial charge < -0.3 is 4.57 Å². The number of imidazole rings is 1. The summed E-state index contributed by atoms with van der Waals surface area (Å²) in [5.74, 6) is 0. The molecule has 0 atom stereocenters. The molecule has 7 heteroatoms. The molecule has 0 saturated heterocycles. The molecule has 0 aliphatic heterocycles. The first-order valence-electron chi connectivity index (χ1n) is 5.38. The number of nitrogens with zero attached hydrogens (tertiary/aromatic N) is 4. The molecule has 6 nitrogen and oxygen atoms in total. The Morgan fingerprint density at radius 3 is 2.29 bits per heavy atom. The molecular formula is C10H13IN4O2. The molecule has 2 aromatic rings. The zero-order valence-corrected chi connectivity index (χ0v) is 12.1. The van der Waals surface area contributed by atoms with E-state index in [2.05, 4.69) is 27.6 Å². The van der Waals surface area contributed by atoms with Gasteiger partial charge in [0, 0.05) is 42.7 Å². The van der Waals surface area contributed by atoms with Crippen molar-refractivity contribution in [2.24, 2.45) is 7.05 Å². The molecule has 0 spiro atoms. The van der Waals surface area contributed by atoms with Gasteiger partial charge in [0.2, 0.25) is 0 Å². The van der Waals surface area contributed by atoms with E-state index in [9.17, 15) is 9.59 Å². The molecule has 92 valence electrons. The number of aromatic nitrogens is 4. The zero-order valence-electron chi connectivity index (χ0n) is 9.90. The van der Waals surface area contributed by atoms with E-state index in [-0.39, 0.29) is 11.2 Å². The van der Waals surface area contributed by atoms with Crippen molar-refractivity contribution in [3.05, 3.63) is 24.7 Å². The Labute approximate surface area is 111 Å². The van der Waals surface area contributed by atoms with E-state index in [0.29, 0.717) is 28.1 Å². The molecule has 0 saturated carbocycles. The van der Waals surface area contributed by atoms with E-state index in [0.717, 1.165) is 0 Å². The Morgan fingerprint density at radius 2 is 1.76 bits per heavy atom. The Morgan fingerprint density at radius 1 is 1.18 bits per heavy atom. The number of halogens is 1. The molecule has 0 N–H and O–H groups in total. The molecule has 2 rings (SSSR count). The van der Waals surface area contributed by atoms with Gasteiger partial charge in [-0.05, 0) is 13.8 Å². The van der Waals surface area contributed by atoms with Crippen molar-refractivity contribution in [3.8, 4) is 0 Å². The van der Waals surface area contributed by atoms with Crippen molar-refractivity contribution in [1.29, 1.82) is 0 Å². The monoisotopic (exact) mass is 348 g/mol. The molecule has 2 heterocycles. The first kappa shape index (κ1) is 12.3. The van der Waals surface area contributed by atoms with Crippen LogP contribution >= 0.6 is 22.6 Å². The second-order valence-electron chi connectivity index (χ2n) is 3.69. The molecule has 0 fully saturated rings. The van der Waals surface area contributed by atoms with E-state index in [4.69, 9.17) is 0 Å². The van der Waals surface area contributed by atoms with E-state index in [1.807, 2.05) is 6.92 Å². The van der Waals surface area contributed by atoms with Gasteiger partial charge in [0.1, 0.15) is 0 Å². The molecule has 17 heavy (non-hydrogen) atoms. The summed E-state index contributed by atoms with van der Waals surface area (Å²) in [4.78, 5) is 28.5. The lowest BCUT2D eigenvalue weighted by Crippen LogP contribution is -2.39. The van der Waals surface area contributed by atoms with Gasteiger partial charge in [-0.25, -0.2) is 9.78 Å². The minimum Gasteiger partial charge on any atom is -0.317 e. The largest absolute Gasteiger partial charge is 0.332 e. The Bertz CT molecular complexity index is 695.